The van der Waals surface area contributed by atoms with Gasteiger partial charge in [0.2, 0.25) is 5.91 Å². The Morgan fingerprint density at radius 3 is 3.00 bits per heavy atom. The predicted molar refractivity (Wildman–Crippen MR) is 89.4 cm³/mol. The van der Waals surface area contributed by atoms with Gasteiger partial charge in [0.25, 0.3) is 0 Å². The average molecular weight is 312 g/mol. The molecule has 0 aliphatic carbocycles. The summed E-state index contributed by atoms with van der Waals surface area (Å²) in [5, 5.41) is 11.0. The molecule has 0 bridgehead atoms. The Kier molecular flexibility index (Phi) is 4.73. The van der Waals surface area contributed by atoms with E-state index in [-0.39, 0.29) is 5.91 Å². The van der Waals surface area contributed by atoms with Gasteiger partial charge >= 0.3 is 0 Å². The summed E-state index contributed by atoms with van der Waals surface area (Å²) < 4.78 is 4.90. The number of H-pyrrole nitrogens is 1. The summed E-state index contributed by atoms with van der Waals surface area (Å²) in [5.74, 6) is 1.07. The summed E-state index contributed by atoms with van der Waals surface area (Å²) in [7, 11) is 0. The number of hydrogen-bond donors (Lipinski definition) is 3. The largest absolute Gasteiger partial charge is 0.361 e. The number of aromatic nitrogens is 2. The highest BCUT2D eigenvalue weighted by atomic mass is 16.5. The maximum atomic E-state index is 11.8. The highest BCUT2D eigenvalue weighted by Gasteiger charge is 2.06. The molecule has 0 aliphatic heterocycles. The third-order valence-corrected chi connectivity index (χ3v) is 3.67. The van der Waals surface area contributed by atoms with Crippen LogP contribution in [-0.4, -0.2) is 29.1 Å². The van der Waals surface area contributed by atoms with Crippen molar-refractivity contribution in [2.24, 2.45) is 0 Å². The predicted octanol–water partition coefficient (Wildman–Crippen LogP) is 2.63. The normalized spacial score (nSPS) is 11.0. The number of hydrogen-bond acceptors (Lipinski definition) is 4. The first-order valence-electron chi connectivity index (χ1n) is 7.71. The number of carbonyl (C=O) groups is 1. The highest BCUT2D eigenvalue weighted by Crippen LogP contribution is 2.17. The standard InChI is InChI=1S/C17H20N4O2/c1-12-10-16(21-23-12)20-17(22)7-9-18-8-6-13-11-19-15-5-3-2-4-14(13)15/h2-5,10-11,18-19H,6-9H2,1H3,(H,20,21,22). The average Bonchev–Trinajstić information content (AvgIpc) is 3.13. The Labute approximate surface area is 134 Å². The lowest BCUT2D eigenvalue weighted by Crippen LogP contribution is -2.23. The number of para-hydroxylation sites is 1. The van der Waals surface area contributed by atoms with E-state index in [0.29, 0.717) is 24.5 Å². The molecule has 0 fully saturated rings. The van der Waals surface area contributed by atoms with Crippen molar-refractivity contribution in [1.29, 1.82) is 0 Å². The Morgan fingerprint density at radius 1 is 1.30 bits per heavy atom. The summed E-state index contributed by atoms with van der Waals surface area (Å²) in [6, 6.07) is 9.96. The van der Waals surface area contributed by atoms with Gasteiger partial charge in [-0.05, 0) is 31.5 Å². The van der Waals surface area contributed by atoms with Gasteiger partial charge in [-0.15, -0.1) is 0 Å². The Bertz CT molecular complexity index is 791. The van der Waals surface area contributed by atoms with Gasteiger partial charge in [-0.1, -0.05) is 23.4 Å². The molecule has 23 heavy (non-hydrogen) atoms. The van der Waals surface area contributed by atoms with Crippen LogP contribution in [-0.2, 0) is 11.2 Å². The van der Waals surface area contributed by atoms with Gasteiger partial charge in [0.15, 0.2) is 5.82 Å². The summed E-state index contributed by atoms with van der Waals surface area (Å²) in [5.41, 5.74) is 2.44. The van der Waals surface area contributed by atoms with Crippen molar-refractivity contribution in [2.45, 2.75) is 19.8 Å². The van der Waals surface area contributed by atoms with Gasteiger partial charge in [0.1, 0.15) is 5.76 Å². The number of amides is 1. The number of carbonyl (C=O) groups excluding carboxylic acids is 1. The van der Waals surface area contributed by atoms with Gasteiger partial charge in [-0.2, -0.15) is 0 Å². The number of benzene rings is 1. The molecule has 0 radical (unpaired) electrons. The van der Waals surface area contributed by atoms with E-state index < -0.39 is 0 Å². The van der Waals surface area contributed by atoms with E-state index in [0.717, 1.165) is 18.5 Å². The first kappa shape index (κ1) is 15.3. The monoisotopic (exact) mass is 312 g/mol. The molecule has 0 saturated heterocycles. The molecule has 0 spiro atoms. The number of fused-ring (bicyclic) bond motifs is 1. The maximum Gasteiger partial charge on any atom is 0.226 e. The smallest absolute Gasteiger partial charge is 0.226 e. The number of aromatic amines is 1. The number of aryl methyl sites for hydroxylation is 1. The maximum absolute atomic E-state index is 11.8. The fraction of sp³-hybridized carbons (Fsp3) is 0.294. The topological polar surface area (TPSA) is 83.0 Å². The first-order chi connectivity index (χ1) is 11.2. The fourth-order valence-corrected chi connectivity index (χ4v) is 2.52. The molecule has 0 atom stereocenters. The Hall–Kier alpha value is -2.60. The van der Waals surface area contributed by atoms with E-state index in [1.54, 1.807) is 13.0 Å². The van der Waals surface area contributed by atoms with Crippen molar-refractivity contribution < 1.29 is 9.32 Å². The van der Waals surface area contributed by atoms with Crippen LogP contribution in [0.15, 0.2) is 41.1 Å². The van der Waals surface area contributed by atoms with E-state index in [4.69, 9.17) is 4.52 Å². The second-order valence-corrected chi connectivity index (χ2v) is 5.48. The third-order valence-electron chi connectivity index (χ3n) is 3.67. The molecule has 0 unspecified atom stereocenters. The zero-order chi connectivity index (χ0) is 16.1. The van der Waals surface area contributed by atoms with E-state index >= 15 is 0 Å². The molecule has 3 N–H and O–H groups in total. The molecule has 0 saturated carbocycles. The lowest BCUT2D eigenvalue weighted by molar-refractivity contribution is -0.116. The van der Waals surface area contributed by atoms with Crippen LogP contribution >= 0.6 is 0 Å². The molecule has 6 nitrogen and oxygen atoms in total. The summed E-state index contributed by atoms with van der Waals surface area (Å²) >= 11 is 0. The van der Waals surface area contributed by atoms with Gasteiger partial charge in [0.05, 0.1) is 0 Å². The molecular weight excluding hydrogens is 292 g/mol. The van der Waals surface area contributed by atoms with Crippen molar-refractivity contribution in [2.75, 3.05) is 18.4 Å². The molecule has 0 aliphatic rings. The van der Waals surface area contributed by atoms with Crippen LogP contribution in [0.2, 0.25) is 0 Å². The third kappa shape index (κ3) is 3.98. The van der Waals surface area contributed by atoms with Crippen molar-refractivity contribution >= 4 is 22.6 Å². The lowest BCUT2D eigenvalue weighted by Gasteiger charge is -2.04. The summed E-state index contributed by atoms with van der Waals surface area (Å²) in [6.45, 7) is 3.25. The van der Waals surface area contributed by atoms with Gasteiger partial charge in [-0.25, -0.2) is 0 Å². The minimum Gasteiger partial charge on any atom is -0.361 e. The van der Waals surface area contributed by atoms with Crippen molar-refractivity contribution in [1.82, 2.24) is 15.5 Å². The highest BCUT2D eigenvalue weighted by molar-refractivity contribution is 5.89. The lowest BCUT2D eigenvalue weighted by atomic mass is 10.1. The quantitative estimate of drug-likeness (QED) is 0.586. The molecule has 3 aromatic rings. The zero-order valence-corrected chi connectivity index (χ0v) is 13.1. The van der Waals surface area contributed by atoms with Crippen LogP contribution in [0.5, 0.6) is 0 Å². The number of nitrogens with one attached hydrogen (secondary N) is 3. The molecule has 1 aromatic carbocycles. The molecule has 2 heterocycles. The van der Waals surface area contributed by atoms with E-state index in [2.05, 4.69) is 32.9 Å². The van der Waals surface area contributed by atoms with Gasteiger partial charge < -0.3 is 20.1 Å². The second kappa shape index (κ2) is 7.11. The minimum atomic E-state index is -0.0714. The van der Waals surface area contributed by atoms with Crippen molar-refractivity contribution in [3.8, 4) is 0 Å². The number of nitrogens with zero attached hydrogens (tertiary/aromatic N) is 1. The van der Waals surface area contributed by atoms with E-state index in [9.17, 15) is 4.79 Å². The van der Waals surface area contributed by atoms with Gasteiger partial charge in [0, 0.05) is 36.1 Å². The molecular formula is C17H20N4O2. The Morgan fingerprint density at radius 2 is 2.17 bits per heavy atom. The summed E-state index contributed by atoms with van der Waals surface area (Å²) in [4.78, 5) is 15.0. The fourth-order valence-electron chi connectivity index (χ4n) is 2.52. The van der Waals surface area contributed by atoms with Crippen LogP contribution in [0.25, 0.3) is 10.9 Å². The Balaban J connectivity index is 1.37. The van der Waals surface area contributed by atoms with Crippen LogP contribution in [0.3, 0.4) is 0 Å². The van der Waals surface area contributed by atoms with Crippen molar-refractivity contribution in [3.63, 3.8) is 0 Å². The van der Waals surface area contributed by atoms with Crippen LogP contribution in [0.1, 0.15) is 17.7 Å². The van der Waals surface area contributed by atoms with Crippen LogP contribution in [0, 0.1) is 6.92 Å². The van der Waals surface area contributed by atoms with Crippen LogP contribution in [0.4, 0.5) is 5.82 Å². The molecule has 120 valence electrons. The SMILES string of the molecule is Cc1cc(NC(=O)CCNCCc2c[nH]c3ccccc23)no1. The summed E-state index contributed by atoms with van der Waals surface area (Å²) in [6.07, 6.45) is 3.37. The first-order valence-corrected chi connectivity index (χ1v) is 7.71. The number of anilines is 1. The number of rotatable bonds is 7. The molecule has 1 amide bonds. The molecule has 2 aromatic heterocycles. The van der Waals surface area contributed by atoms with Gasteiger partial charge in [-0.3, -0.25) is 4.79 Å². The minimum absolute atomic E-state index is 0.0714. The van der Waals surface area contributed by atoms with E-state index in [1.165, 1.54) is 10.9 Å². The zero-order valence-electron chi connectivity index (χ0n) is 13.1. The molecule has 3 rings (SSSR count). The second-order valence-electron chi connectivity index (χ2n) is 5.48. The van der Waals surface area contributed by atoms with E-state index in [1.807, 2.05) is 18.3 Å². The van der Waals surface area contributed by atoms with Crippen molar-refractivity contribution in [3.05, 3.63) is 47.9 Å². The molecule has 6 heteroatoms. The van der Waals surface area contributed by atoms with Crippen LogP contribution < -0.4 is 10.6 Å².